The molecule has 0 aromatic heterocycles. The van der Waals surface area contributed by atoms with Crippen molar-refractivity contribution < 1.29 is 22.0 Å². The number of nitrogens with one attached hydrogen (secondary N) is 2. The van der Waals surface area contributed by atoms with E-state index >= 15 is 0 Å². The molecule has 2 aromatic carbocycles. The number of amides is 1. The minimum Gasteiger partial charge on any atom is -0.326 e. The Bertz CT molecular complexity index is 940. The molecule has 0 aliphatic rings. The van der Waals surface area contributed by atoms with Crippen LogP contribution in [0.15, 0.2) is 47.4 Å². The van der Waals surface area contributed by atoms with Crippen molar-refractivity contribution in [2.45, 2.75) is 11.3 Å². The minimum absolute atomic E-state index is 0.181. The molecule has 0 spiro atoms. The van der Waals surface area contributed by atoms with Gasteiger partial charge >= 0.3 is 0 Å². The van der Waals surface area contributed by atoms with E-state index < -0.39 is 32.5 Å². The Morgan fingerprint density at radius 2 is 1.88 bits per heavy atom. The first-order valence-corrected chi connectivity index (χ1v) is 8.55. The summed E-state index contributed by atoms with van der Waals surface area (Å²) in [5, 5.41) is 11.3. The lowest BCUT2D eigenvalue weighted by atomic mass is 10.2. The van der Waals surface area contributed by atoms with Gasteiger partial charge in [-0.05, 0) is 36.4 Å². The standard InChI is InChI=1S/C16H13F2N3O3S/c17-14-5-4-13(9-15(14)18)25(23,24)20-7-6-16(22)21-12-3-1-2-11(8-12)10-19/h1-5,8-9,20H,6-7H2,(H,21,22). The molecule has 0 bridgehead atoms. The van der Waals surface area contributed by atoms with Gasteiger partial charge < -0.3 is 5.32 Å². The van der Waals surface area contributed by atoms with Crippen LogP contribution in [-0.2, 0) is 14.8 Å². The lowest BCUT2D eigenvalue weighted by Crippen LogP contribution is -2.28. The highest BCUT2D eigenvalue weighted by atomic mass is 32.2. The first-order chi connectivity index (χ1) is 11.8. The summed E-state index contributed by atoms with van der Waals surface area (Å²) in [4.78, 5) is 11.4. The van der Waals surface area contributed by atoms with Crippen LogP contribution in [0, 0.1) is 23.0 Å². The lowest BCUT2D eigenvalue weighted by Gasteiger charge is -2.08. The number of carbonyl (C=O) groups is 1. The van der Waals surface area contributed by atoms with Crippen molar-refractivity contribution in [2.24, 2.45) is 0 Å². The molecule has 0 unspecified atom stereocenters. The maximum atomic E-state index is 13.1. The van der Waals surface area contributed by atoms with Gasteiger partial charge in [-0.2, -0.15) is 5.26 Å². The molecule has 1 amide bonds. The quantitative estimate of drug-likeness (QED) is 0.819. The number of rotatable bonds is 6. The highest BCUT2D eigenvalue weighted by Crippen LogP contribution is 2.14. The van der Waals surface area contributed by atoms with Gasteiger partial charge in [-0.1, -0.05) is 6.07 Å². The largest absolute Gasteiger partial charge is 0.326 e. The number of nitrogens with zero attached hydrogens (tertiary/aromatic N) is 1. The molecule has 0 radical (unpaired) electrons. The average Bonchev–Trinajstić information content (AvgIpc) is 2.57. The monoisotopic (exact) mass is 365 g/mol. The third-order valence-electron chi connectivity index (χ3n) is 3.12. The number of hydrogen-bond acceptors (Lipinski definition) is 4. The summed E-state index contributed by atoms with van der Waals surface area (Å²) in [7, 11) is -4.06. The van der Waals surface area contributed by atoms with E-state index in [-0.39, 0.29) is 13.0 Å². The van der Waals surface area contributed by atoms with Crippen molar-refractivity contribution in [3.63, 3.8) is 0 Å². The fourth-order valence-electron chi connectivity index (χ4n) is 1.92. The van der Waals surface area contributed by atoms with Crippen LogP contribution in [0.5, 0.6) is 0 Å². The Hall–Kier alpha value is -2.83. The fraction of sp³-hybridized carbons (Fsp3) is 0.125. The van der Waals surface area contributed by atoms with Gasteiger partial charge in [-0.3, -0.25) is 4.79 Å². The van der Waals surface area contributed by atoms with Crippen molar-refractivity contribution in [1.29, 1.82) is 5.26 Å². The first-order valence-electron chi connectivity index (χ1n) is 7.06. The second-order valence-corrected chi connectivity index (χ2v) is 6.73. The molecule has 0 aliphatic heterocycles. The number of sulfonamides is 1. The van der Waals surface area contributed by atoms with Crippen LogP contribution in [0.25, 0.3) is 0 Å². The highest BCUT2D eigenvalue weighted by molar-refractivity contribution is 7.89. The van der Waals surface area contributed by atoms with Gasteiger partial charge in [0.15, 0.2) is 11.6 Å². The van der Waals surface area contributed by atoms with Gasteiger partial charge in [-0.15, -0.1) is 0 Å². The molecular weight excluding hydrogens is 352 g/mol. The zero-order valence-corrected chi connectivity index (χ0v) is 13.6. The van der Waals surface area contributed by atoms with Crippen molar-refractivity contribution in [1.82, 2.24) is 4.72 Å². The molecule has 0 atom stereocenters. The summed E-state index contributed by atoms with van der Waals surface area (Å²) in [5.74, 6) is -2.90. The highest BCUT2D eigenvalue weighted by Gasteiger charge is 2.16. The summed E-state index contributed by atoms with van der Waals surface area (Å²) in [6.45, 7) is -0.231. The number of carbonyl (C=O) groups excluding carboxylic acids is 1. The molecule has 9 heteroatoms. The molecular formula is C16H13F2N3O3S. The molecule has 0 saturated heterocycles. The predicted octanol–water partition coefficient (Wildman–Crippen LogP) is 2.14. The van der Waals surface area contributed by atoms with Gasteiger partial charge in [0.25, 0.3) is 0 Å². The van der Waals surface area contributed by atoms with E-state index in [9.17, 15) is 22.0 Å². The van der Waals surface area contributed by atoms with Crippen LogP contribution < -0.4 is 10.0 Å². The van der Waals surface area contributed by atoms with Crippen molar-refractivity contribution in [3.8, 4) is 6.07 Å². The number of nitriles is 1. The fourth-order valence-corrected chi connectivity index (χ4v) is 2.96. The molecule has 2 N–H and O–H groups in total. The maximum absolute atomic E-state index is 13.1. The average molecular weight is 365 g/mol. The van der Waals surface area contributed by atoms with Gasteiger partial charge in [-0.25, -0.2) is 21.9 Å². The smallest absolute Gasteiger partial charge is 0.240 e. The van der Waals surface area contributed by atoms with Gasteiger partial charge in [0, 0.05) is 18.7 Å². The van der Waals surface area contributed by atoms with Crippen molar-refractivity contribution in [2.75, 3.05) is 11.9 Å². The first kappa shape index (κ1) is 18.5. The van der Waals surface area contributed by atoms with E-state index in [0.717, 1.165) is 6.07 Å². The van der Waals surface area contributed by atoms with Crippen LogP contribution in [-0.4, -0.2) is 20.9 Å². The minimum atomic E-state index is -4.06. The van der Waals surface area contributed by atoms with Crippen molar-refractivity contribution >= 4 is 21.6 Å². The molecule has 2 aromatic rings. The zero-order valence-electron chi connectivity index (χ0n) is 12.8. The molecule has 0 saturated carbocycles. The second kappa shape index (κ2) is 7.83. The van der Waals surface area contributed by atoms with E-state index in [4.69, 9.17) is 5.26 Å². The third kappa shape index (κ3) is 5.07. The van der Waals surface area contributed by atoms with Gasteiger partial charge in [0.05, 0.1) is 16.5 Å². The third-order valence-corrected chi connectivity index (χ3v) is 4.58. The summed E-state index contributed by atoms with van der Waals surface area (Å²) >= 11 is 0. The second-order valence-electron chi connectivity index (χ2n) is 4.96. The van der Waals surface area contributed by atoms with Crippen LogP contribution in [0.1, 0.15) is 12.0 Å². The molecule has 25 heavy (non-hydrogen) atoms. The van der Waals surface area contributed by atoms with Crippen LogP contribution in [0.4, 0.5) is 14.5 Å². The molecule has 130 valence electrons. The Morgan fingerprint density at radius 1 is 1.12 bits per heavy atom. The van der Waals surface area contributed by atoms with Crippen LogP contribution >= 0.6 is 0 Å². The topological polar surface area (TPSA) is 99.1 Å². The lowest BCUT2D eigenvalue weighted by molar-refractivity contribution is -0.116. The number of benzene rings is 2. The van der Waals surface area contributed by atoms with E-state index in [0.29, 0.717) is 23.4 Å². The summed E-state index contributed by atoms with van der Waals surface area (Å²) < 4.78 is 52.0. The molecule has 0 heterocycles. The van der Waals surface area contributed by atoms with Crippen LogP contribution in [0.2, 0.25) is 0 Å². The molecule has 0 fully saturated rings. The Kier molecular flexibility index (Phi) is 5.80. The molecule has 6 nitrogen and oxygen atoms in total. The van der Waals surface area contributed by atoms with E-state index in [1.165, 1.54) is 6.07 Å². The van der Waals surface area contributed by atoms with E-state index in [1.807, 2.05) is 6.07 Å². The van der Waals surface area contributed by atoms with Crippen LogP contribution in [0.3, 0.4) is 0 Å². The summed E-state index contributed by atoms with van der Waals surface area (Å²) in [6.07, 6.45) is -0.181. The molecule has 0 aliphatic carbocycles. The normalized spacial score (nSPS) is 10.9. The van der Waals surface area contributed by atoms with E-state index in [2.05, 4.69) is 10.0 Å². The Labute approximate surface area is 143 Å². The summed E-state index contributed by atoms with van der Waals surface area (Å²) in [6, 6.07) is 10.4. The van der Waals surface area contributed by atoms with E-state index in [1.54, 1.807) is 18.2 Å². The number of halogens is 2. The van der Waals surface area contributed by atoms with Gasteiger partial charge in [0.2, 0.25) is 15.9 Å². The number of hydrogen-bond donors (Lipinski definition) is 2. The van der Waals surface area contributed by atoms with Gasteiger partial charge in [0.1, 0.15) is 0 Å². The SMILES string of the molecule is N#Cc1cccc(NC(=O)CCNS(=O)(=O)c2ccc(F)c(F)c2)c1. The number of anilines is 1. The maximum Gasteiger partial charge on any atom is 0.240 e. The van der Waals surface area contributed by atoms with Crippen molar-refractivity contribution in [3.05, 3.63) is 59.7 Å². The zero-order chi connectivity index (χ0) is 18.4. The Balaban J connectivity index is 1.91. The molecule has 2 rings (SSSR count). The summed E-state index contributed by atoms with van der Waals surface area (Å²) in [5.41, 5.74) is 0.782. The Morgan fingerprint density at radius 3 is 2.56 bits per heavy atom. The predicted molar refractivity (Wildman–Crippen MR) is 86.0 cm³/mol.